The molecule has 0 aromatic heterocycles. The molecule has 0 bridgehead atoms. The Labute approximate surface area is 122 Å². The predicted molar refractivity (Wildman–Crippen MR) is 82.3 cm³/mol. The van der Waals surface area contributed by atoms with Crippen molar-refractivity contribution in [1.29, 1.82) is 0 Å². The van der Waals surface area contributed by atoms with Gasteiger partial charge in [-0.05, 0) is 37.1 Å². The molecule has 2 aromatic rings. The number of phenolic OH excluding ortho intramolecular Hbond substituents is 1. The van der Waals surface area contributed by atoms with Gasteiger partial charge in [0.15, 0.2) is 0 Å². The molecule has 0 aliphatic rings. The molecule has 0 amide bonds. The average molecular weight is 320 g/mol. The Morgan fingerprint density at radius 1 is 1.16 bits per heavy atom. The zero-order valence-electron chi connectivity index (χ0n) is 10.9. The summed E-state index contributed by atoms with van der Waals surface area (Å²) in [5, 5.41) is 13.2. The zero-order chi connectivity index (χ0) is 13.7. The lowest BCUT2D eigenvalue weighted by atomic mass is 10.1. The first-order chi connectivity index (χ1) is 9.15. The van der Waals surface area contributed by atoms with Crippen LogP contribution < -0.4 is 5.32 Å². The highest BCUT2D eigenvalue weighted by atomic mass is 79.9. The van der Waals surface area contributed by atoms with Gasteiger partial charge < -0.3 is 10.4 Å². The summed E-state index contributed by atoms with van der Waals surface area (Å²) in [6, 6.07) is 16.3. The normalized spacial score (nSPS) is 12.3. The molecule has 2 nitrogen and oxygen atoms in total. The van der Waals surface area contributed by atoms with Gasteiger partial charge in [0.1, 0.15) is 5.75 Å². The van der Waals surface area contributed by atoms with Crippen LogP contribution in [0.5, 0.6) is 5.75 Å². The van der Waals surface area contributed by atoms with E-state index in [0.717, 1.165) is 16.5 Å². The van der Waals surface area contributed by atoms with Crippen molar-refractivity contribution < 1.29 is 5.11 Å². The van der Waals surface area contributed by atoms with Crippen LogP contribution in [0.15, 0.2) is 53.0 Å². The largest absolute Gasteiger partial charge is 0.508 e. The minimum atomic E-state index is 0.336. The molecule has 0 aliphatic carbocycles. The molecule has 0 spiro atoms. The molecule has 2 aromatic carbocycles. The minimum absolute atomic E-state index is 0.336. The number of hydrogen-bond donors (Lipinski definition) is 2. The highest BCUT2D eigenvalue weighted by Gasteiger charge is 2.06. The highest BCUT2D eigenvalue weighted by Crippen LogP contribution is 2.21. The molecule has 0 saturated heterocycles. The summed E-state index contributed by atoms with van der Waals surface area (Å²) in [6.45, 7) is 2.82. The standard InChI is InChI=1S/C16H18BrNO/c1-12(9-13-5-3-2-4-6-13)18-11-14-10-15(17)7-8-16(14)19/h2-8,10,12,18-19H,9,11H2,1H3. The molecule has 0 radical (unpaired) electrons. The Morgan fingerprint density at radius 3 is 2.63 bits per heavy atom. The fourth-order valence-electron chi connectivity index (χ4n) is 2.02. The summed E-state index contributed by atoms with van der Waals surface area (Å²) >= 11 is 3.42. The third kappa shape index (κ3) is 4.37. The predicted octanol–water partition coefficient (Wildman–Crippen LogP) is 3.88. The van der Waals surface area contributed by atoms with Gasteiger partial charge in [-0.2, -0.15) is 0 Å². The number of benzene rings is 2. The number of rotatable bonds is 5. The number of hydrogen-bond acceptors (Lipinski definition) is 2. The second-order valence-electron chi connectivity index (χ2n) is 4.74. The van der Waals surface area contributed by atoms with Crippen LogP contribution in [0.1, 0.15) is 18.1 Å². The third-order valence-electron chi connectivity index (χ3n) is 3.07. The van der Waals surface area contributed by atoms with E-state index in [4.69, 9.17) is 0 Å². The number of phenols is 1. The van der Waals surface area contributed by atoms with Crippen LogP contribution in [-0.4, -0.2) is 11.1 Å². The maximum absolute atomic E-state index is 9.78. The van der Waals surface area contributed by atoms with Crippen molar-refractivity contribution in [3.63, 3.8) is 0 Å². The van der Waals surface area contributed by atoms with Gasteiger partial charge in [0.25, 0.3) is 0 Å². The Kier molecular flexibility index (Phi) is 5.00. The van der Waals surface area contributed by atoms with E-state index >= 15 is 0 Å². The summed E-state index contributed by atoms with van der Waals surface area (Å²) < 4.78 is 0.984. The van der Waals surface area contributed by atoms with Gasteiger partial charge >= 0.3 is 0 Å². The van der Waals surface area contributed by atoms with Crippen molar-refractivity contribution in [2.75, 3.05) is 0 Å². The quantitative estimate of drug-likeness (QED) is 0.876. The van der Waals surface area contributed by atoms with Crippen molar-refractivity contribution in [1.82, 2.24) is 5.32 Å². The molecular formula is C16H18BrNO. The second-order valence-corrected chi connectivity index (χ2v) is 5.66. The highest BCUT2D eigenvalue weighted by molar-refractivity contribution is 9.10. The summed E-state index contributed by atoms with van der Waals surface area (Å²) in [5.41, 5.74) is 2.23. The minimum Gasteiger partial charge on any atom is -0.508 e. The number of nitrogens with one attached hydrogen (secondary N) is 1. The van der Waals surface area contributed by atoms with Crippen molar-refractivity contribution in [3.05, 3.63) is 64.1 Å². The average Bonchev–Trinajstić information content (AvgIpc) is 2.41. The van der Waals surface area contributed by atoms with Crippen LogP contribution in [0.3, 0.4) is 0 Å². The van der Waals surface area contributed by atoms with Gasteiger partial charge in [0.05, 0.1) is 0 Å². The Morgan fingerprint density at radius 2 is 1.89 bits per heavy atom. The molecule has 0 heterocycles. The van der Waals surface area contributed by atoms with Gasteiger partial charge in [-0.15, -0.1) is 0 Å². The lowest BCUT2D eigenvalue weighted by Gasteiger charge is -2.14. The molecule has 3 heteroatoms. The van der Waals surface area contributed by atoms with Crippen LogP contribution in [0, 0.1) is 0 Å². The van der Waals surface area contributed by atoms with Crippen molar-refractivity contribution in [2.24, 2.45) is 0 Å². The lowest BCUT2D eigenvalue weighted by molar-refractivity contribution is 0.458. The molecule has 1 unspecified atom stereocenters. The lowest BCUT2D eigenvalue weighted by Crippen LogP contribution is -2.27. The van der Waals surface area contributed by atoms with Crippen molar-refractivity contribution in [2.45, 2.75) is 25.9 Å². The number of halogens is 1. The zero-order valence-corrected chi connectivity index (χ0v) is 12.5. The third-order valence-corrected chi connectivity index (χ3v) is 3.56. The molecule has 100 valence electrons. The fourth-order valence-corrected chi connectivity index (χ4v) is 2.43. The van der Waals surface area contributed by atoms with Crippen molar-refractivity contribution >= 4 is 15.9 Å². The van der Waals surface area contributed by atoms with Gasteiger partial charge in [-0.25, -0.2) is 0 Å². The van der Waals surface area contributed by atoms with Crippen molar-refractivity contribution in [3.8, 4) is 5.75 Å². The van der Waals surface area contributed by atoms with E-state index in [9.17, 15) is 5.11 Å². The van der Waals surface area contributed by atoms with Crippen LogP contribution in [-0.2, 0) is 13.0 Å². The molecule has 0 fully saturated rings. The Bertz CT molecular complexity index is 528. The second kappa shape index (κ2) is 6.73. The van der Waals surface area contributed by atoms with Crippen LogP contribution in [0.2, 0.25) is 0 Å². The van der Waals surface area contributed by atoms with Gasteiger partial charge in [-0.1, -0.05) is 46.3 Å². The van der Waals surface area contributed by atoms with Gasteiger partial charge in [-0.3, -0.25) is 0 Å². The first-order valence-electron chi connectivity index (χ1n) is 6.40. The van der Waals surface area contributed by atoms with E-state index in [2.05, 4.69) is 52.4 Å². The molecular weight excluding hydrogens is 302 g/mol. The maximum atomic E-state index is 9.78. The van der Waals surface area contributed by atoms with E-state index < -0.39 is 0 Å². The van der Waals surface area contributed by atoms with Gasteiger partial charge in [0.2, 0.25) is 0 Å². The Balaban J connectivity index is 1.90. The molecule has 1 atom stereocenters. The molecule has 0 saturated carbocycles. The summed E-state index contributed by atoms with van der Waals surface area (Å²) in [6.07, 6.45) is 0.982. The molecule has 0 aliphatic heterocycles. The number of aromatic hydroxyl groups is 1. The summed E-state index contributed by atoms with van der Waals surface area (Å²) in [4.78, 5) is 0. The Hall–Kier alpha value is -1.32. The first-order valence-corrected chi connectivity index (χ1v) is 7.19. The van der Waals surface area contributed by atoms with Crippen LogP contribution in [0.25, 0.3) is 0 Å². The summed E-state index contributed by atoms with van der Waals surface area (Å²) in [7, 11) is 0. The van der Waals surface area contributed by atoms with E-state index in [1.54, 1.807) is 6.07 Å². The summed E-state index contributed by atoms with van der Waals surface area (Å²) in [5.74, 6) is 0.336. The van der Waals surface area contributed by atoms with E-state index in [-0.39, 0.29) is 0 Å². The molecule has 2 rings (SSSR count). The molecule has 19 heavy (non-hydrogen) atoms. The van der Waals surface area contributed by atoms with E-state index in [1.807, 2.05) is 18.2 Å². The first kappa shape index (κ1) is 14.1. The van der Waals surface area contributed by atoms with Crippen LogP contribution >= 0.6 is 15.9 Å². The topological polar surface area (TPSA) is 32.3 Å². The fraction of sp³-hybridized carbons (Fsp3) is 0.250. The monoisotopic (exact) mass is 319 g/mol. The SMILES string of the molecule is CC(Cc1ccccc1)NCc1cc(Br)ccc1O. The van der Waals surface area contributed by atoms with Gasteiger partial charge in [0, 0.05) is 22.6 Å². The maximum Gasteiger partial charge on any atom is 0.120 e. The van der Waals surface area contributed by atoms with E-state index in [1.165, 1.54) is 5.56 Å². The molecule has 2 N–H and O–H groups in total. The van der Waals surface area contributed by atoms with E-state index in [0.29, 0.717) is 18.3 Å². The smallest absolute Gasteiger partial charge is 0.120 e. The van der Waals surface area contributed by atoms with Crippen LogP contribution in [0.4, 0.5) is 0 Å².